The molecule has 8 heteroatoms. The first-order chi connectivity index (χ1) is 15.0. The lowest BCUT2D eigenvalue weighted by Gasteiger charge is -2.10. The number of aryl methyl sites for hydroxylation is 1. The average Bonchev–Trinajstić information content (AvgIpc) is 3.04. The molecule has 0 bridgehead atoms. The molecule has 3 N–H and O–H groups in total. The van der Waals surface area contributed by atoms with Crippen LogP contribution in [-0.2, 0) is 0 Å². The molecule has 0 aliphatic carbocycles. The predicted molar refractivity (Wildman–Crippen MR) is 123 cm³/mol. The summed E-state index contributed by atoms with van der Waals surface area (Å²) >= 11 is 0. The van der Waals surface area contributed by atoms with Gasteiger partial charge in [-0.15, -0.1) is 10.2 Å². The summed E-state index contributed by atoms with van der Waals surface area (Å²) < 4.78 is 1.79. The summed E-state index contributed by atoms with van der Waals surface area (Å²) in [5, 5.41) is 24.0. The highest BCUT2D eigenvalue weighted by atomic mass is 16.2. The van der Waals surface area contributed by atoms with Crippen LogP contribution < -0.4 is 16.0 Å². The second kappa shape index (κ2) is 8.83. The minimum Gasteiger partial charge on any atom is -0.367 e. The Morgan fingerprint density at radius 1 is 0.935 bits per heavy atom. The molecule has 2 heterocycles. The topological polar surface area (TPSA) is 96.8 Å². The Bertz CT molecular complexity index is 1210. The molecule has 2 amide bonds. The number of rotatable bonds is 6. The molecular formula is C23H25N7O. The van der Waals surface area contributed by atoms with Gasteiger partial charge in [0.25, 0.3) is 0 Å². The normalized spacial score (nSPS) is 10.8. The van der Waals surface area contributed by atoms with E-state index in [0.29, 0.717) is 24.7 Å². The van der Waals surface area contributed by atoms with Crippen LogP contribution >= 0.6 is 0 Å². The zero-order valence-electron chi connectivity index (χ0n) is 17.8. The van der Waals surface area contributed by atoms with Gasteiger partial charge in [-0.1, -0.05) is 30.3 Å². The van der Waals surface area contributed by atoms with Gasteiger partial charge in [-0.2, -0.15) is 5.10 Å². The summed E-state index contributed by atoms with van der Waals surface area (Å²) in [7, 11) is 0. The smallest absolute Gasteiger partial charge is 0.319 e. The maximum Gasteiger partial charge on any atom is 0.319 e. The number of nitrogens with zero attached hydrogens (tertiary/aromatic N) is 4. The standard InChI is InChI=1S/C23H25N7O/c1-15-16(2)29-30(17(15)3)22-11-10-21(27-28-22)24-12-13-25-23(31)26-20-9-8-18-6-4-5-7-19(18)14-20/h4-11,14H,12-13H2,1-3H3,(H,24,27)(H2,25,26,31). The minimum atomic E-state index is -0.251. The molecular weight excluding hydrogens is 390 g/mol. The van der Waals surface area contributed by atoms with Crippen molar-refractivity contribution in [2.45, 2.75) is 20.8 Å². The number of urea groups is 1. The van der Waals surface area contributed by atoms with E-state index in [9.17, 15) is 4.79 Å². The van der Waals surface area contributed by atoms with E-state index in [1.54, 1.807) is 4.68 Å². The molecule has 158 valence electrons. The maximum absolute atomic E-state index is 12.1. The van der Waals surface area contributed by atoms with Crippen LogP contribution in [0.25, 0.3) is 16.6 Å². The zero-order valence-corrected chi connectivity index (χ0v) is 17.8. The van der Waals surface area contributed by atoms with E-state index in [4.69, 9.17) is 0 Å². The molecule has 0 aliphatic heterocycles. The van der Waals surface area contributed by atoms with Crippen LogP contribution in [0.4, 0.5) is 16.3 Å². The third-order valence-electron chi connectivity index (χ3n) is 5.24. The van der Waals surface area contributed by atoms with Gasteiger partial charge in [-0.25, -0.2) is 9.48 Å². The van der Waals surface area contributed by atoms with Crippen molar-refractivity contribution in [3.8, 4) is 5.82 Å². The van der Waals surface area contributed by atoms with Crippen molar-refractivity contribution in [3.63, 3.8) is 0 Å². The first-order valence-electron chi connectivity index (χ1n) is 10.2. The largest absolute Gasteiger partial charge is 0.367 e. The molecule has 2 aromatic heterocycles. The van der Waals surface area contributed by atoms with Gasteiger partial charge < -0.3 is 16.0 Å². The quantitative estimate of drug-likeness (QED) is 0.414. The predicted octanol–water partition coefficient (Wildman–Crippen LogP) is 3.97. The van der Waals surface area contributed by atoms with Gasteiger partial charge in [-0.3, -0.25) is 0 Å². The van der Waals surface area contributed by atoms with Crippen molar-refractivity contribution in [2.75, 3.05) is 23.7 Å². The first-order valence-corrected chi connectivity index (χ1v) is 10.2. The van der Waals surface area contributed by atoms with Crippen molar-refractivity contribution in [2.24, 2.45) is 0 Å². The number of aromatic nitrogens is 4. The van der Waals surface area contributed by atoms with E-state index >= 15 is 0 Å². The van der Waals surface area contributed by atoms with Crippen molar-refractivity contribution in [1.29, 1.82) is 0 Å². The van der Waals surface area contributed by atoms with Gasteiger partial charge in [0.2, 0.25) is 0 Å². The number of carbonyl (C=O) groups is 1. The van der Waals surface area contributed by atoms with Crippen molar-refractivity contribution >= 4 is 28.3 Å². The number of hydrogen-bond donors (Lipinski definition) is 3. The van der Waals surface area contributed by atoms with Gasteiger partial charge in [0.15, 0.2) is 5.82 Å². The minimum absolute atomic E-state index is 0.251. The summed E-state index contributed by atoms with van der Waals surface area (Å²) in [5.41, 5.74) is 3.94. The summed E-state index contributed by atoms with van der Waals surface area (Å²) in [4.78, 5) is 12.1. The lowest BCUT2D eigenvalue weighted by atomic mass is 10.1. The first kappa shape index (κ1) is 20.3. The van der Waals surface area contributed by atoms with E-state index in [1.807, 2.05) is 75.4 Å². The number of nitrogens with one attached hydrogen (secondary N) is 3. The van der Waals surface area contributed by atoms with E-state index in [1.165, 1.54) is 0 Å². The Kier molecular flexibility index (Phi) is 5.79. The van der Waals surface area contributed by atoms with Crippen molar-refractivity contribution < 1.29 is 4.79 Å². The highest BCUT2D eigenvalue weighted by Crippen LogP contribution is 2.19. The van der Waals surface area contributed by atoms with Gasteiger partial charge in [-0.05, 0) is 61.4 Å². The molecule has 31 heavy (non-hydrogen) atoms. The highest BCUT2D eigenvalue weighted by Gasteiger charge is 2.10. The second-order valence-corrected chi connectivity index (χ2v) is 7.35. The van der Waals surface area contributed by atoms with Crippen molar-refractivity contribution in [1.82, 2.24) is 25.3 Å². The van der Waals surface area contributed by atoms with Gasteiger partial charge in [0.1, 0.15) is 5.82 Å². The molecule has 0 saturated carbocycles. The molecule has 2 aromatic carbocycles. The zero-order chi connectivity index (χ0) is 21.8. The lowest BCUT2D eigenvalue weighted by Crippen LogP contribution is -2.32. The molecule has 0 spiro atoms. The summed E-state index contributed by atoms with van der Waals surface area (Å²) in [6, 6.07) is 17.3. The van der Waals surface area contributed by atoms with Gasteiger partial charge >= 0.3 is 6.03 Å². The molecule has 0 unspecified atom stereocenters. The summed E-state index contributed by atoms with van der Waals surface area (Å²) in [5.74, 6) is 1.31. The summed E-state index contributed by atoms with van der Waals surface area (Å²) in [6.07, 6.45) is 0. The Balaban J connectivity index is 1.25. The van der Waals surface area contributed by atoms with Gasteiger partial charge in [0, 0.05) is 24.5 Å². The fraction of sp³-hybridized carbons (Fsp3) is 0.217. The van der Waals surface area contributed by atoms with Crippen LogP contribution in [0.2, 0.25) is 0 Å². The highest BCUT2D eigenvalue weighted by molar-refractivity contribution is 5.93. The number of amides is 2. The number of anilines is 2. The number of benzene rings is 2. The van der Waals surface area contributed by atoms with Crippen molar-refractivity contribution in [3.05, 3.63) is 71.5 Å². The fourth-order valence-corrected chi connectivity index (χ4v) is 3.29. The average molecular weight is 416 g/mol. The van der Waals surface area contributed by atoms with Crippen LogP contribution in [0.1, 0.15) is 17.0 Å². The summed E-state index contributed by atoms with van der Waals surface area (Å²) in [6.45, 7) is 7.00. The van der Waals surface area contributed by atoms with E-state index in [2.05, 4.69) is 31.2 Å². The van der Waals surface area contributed by atoms with E-state index in [0.717, 1.165) is 33.4 Å². The molecule has 0 saturated heterocycles. The Hall–Kier alpha value is -3.94. The molecule has 8 nitrogen and oxygen atoms in total. The molecule has 4 rings (SSSR count). The van der Waals surface area contributed by atoms with Crippen LogP contribution in [0.15, 0.2) is 54.6 Å². The SMILES string of the molecule is Cc1nn(-c2ccc(NCCNC(=O)Nc3ccc4ccccc4c3)nn2)c(C)c1C. The van der Waals surface area contributed by atoms with Crippen LogP contribution in [0, 0.1) is 20.8 Å². The number of fused-ring (bicyclic) bond motifs is 1. The Morgan fingerprint density at radius 2 is 1.74 bits per heavy atom. The number of carbonyl (C=O) groups excluding carboxylic acids is 1. The second-order valence-electron chi connectivity index (χ2n) is 7.35. The number of hydrogen-bond acceptors (Lipinski definition) is 5. The Labute approximate surface area is 180 Å². The van der Waals surface area contributed by atoms with Crippen LogP contribution in [-0.4, -0.2) is 39.1 Å². The van der Waals surface area contributed by atoms with E-state index in [-0.39, 0.29) is 6.03 Å². The lowest BCUT2D eigenvalue weighted by molar-refractivity contribution is 0.252. The monoisotopic (exact) mass is 415 g/mol. The van der Waals surface area contributed by atoms with E-state index < -0.39 is 0 Å². The fourth-order valence-electron chi connectivity index (χ4n) is 3.29. The molecule has 0 aliphatic rings. The van der Waals surface area contributed by atoms with Crippen LogP contribution in [0.5, 0.6) is 0 Å². The molecule has 0 radical (unpaired) electrons. The third kappa shape index (κ3) is 4.63. The van der Waals surface area contributed by atoms with Crippen LogP contribution in [0.3, 0.4) is 0 Å². The molecule has 4 aromatic rings. The van der Waals surface area contributed by atoms with Gasteiger partial charge in [0.05, 0.1) is 5.69 Å². The molecule has 0 fully saturated rings. The Morgan fingerprint density at radius 3 is 2.45 bits per heavy atom. The maximum atomic E-state index is 12.1. The molecule has 0 atom stereocenters. The third-order valence-corrected chi connectivity index (χ3v) is 5.24.